The number of nitrogens with zero attached hydrogens (tertiary/aromatic N) is 1. The number of amides is 1. The molecule has 15 heteroatoms. The number of aliphatic imine (C=N–C) groups is 1. The Morgan fingerprint density at radius 1 is 1.30 bits per heavy atom. The van der Waals surface area contributed by atoms with Gasteiger partial charge in [-0.2, -0.15) is 0 Å². The Balaban J connectivity index is 2.73. The van der Waals surface area contributed by atoms with Crippen LogP contribution in [0.4, 0.5) is 0 Å². The first-order chi connectivity index (χ1) is 14.2. The summed E-state index contributed by atoms with van der Waals surface area (Å²) < 4.78 is 14.7. The van der Waals surface area contributed by atoms with Gasteiger partial charge in [0.2, 0.25) is 5.91 Å². The molecule has 8 atom stereocenters. The van der Waals surface area contributed by atoms with Crippen LogP contribution < -0.4 is 5.32 Å². The van der Waals surface area contributed by atoms with Crippen LogP contribution in [0.3, 0.4) is 0 Å². The molecule has 0 saturated carbocycles. The molecule has 0 aromatic heterocycles. The maximum Gasteiger partial charge on any atom is 0.331 e. The van der Waals surface area contributed by atoms with E-state index in [1.165, 1.54) is 15.0 Å². The molecule has 1 saturated heterocycles. The predicted octanol–water partition coefficient (Wildman–Crippen LogP) is -3.83. The number of hydrogen-bond acceptors (Lipinski definition) is 13. The van der Waals surface area contributed by atoms with Crippen LogP contribution >= 0.6 is 21.6 Å². The molecule has 1 amide bonds. The number of carbonyl (C=O) groups is 2. The fourth-order valence-electron chi connectivity index (χ4n) is 2.39. The third-order valence-electron chi connectivity index (χ3n) is 4.12. The highest BCUT2D eigenvalue weighted by molar-refractivity contribution is 8.76. The Morgan fingerprint density at radius 3 is 2.50 bits per heavy atom. The average molecular weight is 470 g/mol. The van der Waals surface area contributed by atoms with Crippen molar-refractivity contribution in [1.29, 1.82) is 0 Å². The van der Waals surface area contributed by atoms with Gasteiger partial charge in [-0.1, -0.05) is 21.6 Å². The predicted molar refractivity (Wildman–Crippen MR) is 111 cm³/mol. The fourth-order valence-corrected chi connectivity index (χ4v) is 4.94. The van der Waals surface area contributed by atoms with Crippen molar-refractivity contribution in [2.75, 3.05) is 19.5 Å². The number of carbonyl (C=O) groups excluding carboxylic acids is 2. The minimum absolute atomic E-state index is 0.0408. The SMILES string of the molecule is BO/C=N/[C@@H](CSSC1OC(CO)C(O)C(O)C1O)C(=O)N[C@H](C(=O)OC)[C@H](C)O. The number of rotatable bonds is 11. The number of methoxy groups -OCH3 is 1. The van der Waals surface area contributed by atoms with Crippen LogP contribution in [0.25, 0.3) is 0 Å². The molecule has 0 aromatic rings. The van der Waals surface area contributed by atoms with Crippen molar-refractivity contribution in [2.45, 2.75) is 55.0 Å². The van der Waals surface area contributed by atoms with E-state index in [9.17, 15) is 35.1 Å². The van der Waals surface area contributed by atoms with E-state index in [0.717, 1.165) is 35.1 Å². The topological polar surface area (TPSA) is 187 Å². The Bertz CT molecular complexity index is 586. The third kappa shape index (κ3) is 7.57. The number of aliphatic hydroxyl groups excluding tert-OH is 5. The summed E-state index contributed by atoms with van der Waals surface area (Å²) in [5.41, 5.74) is -0.985. The number of hydrogen-bond donors (Lipinski definition) is 6. The van der Waals surface area contributed by atoms with Gasteiger partial charge in [0.15, 0.2) is 12.4 Å². The van der Waals surface area contributed by atoms with Gasteiger partial charge in [0.25, 0.3) is 0 Å². The van der Waals surface area contributed by atoms with E-state index in [4.69, 9.17) is 9.39 Å². The second-order valence-corrected chi connectivity index (χ2v) is 8.84. The second-order valence-electron chi connectivity index (χ2n) is 6.33. The minimum Gasteiger partial charge on any atom is -0.560 e. The van der Waals surface area contributed by atoms with E-state index >= 15 is 0 Å². The van der Waals surface area contributed by atoms with Crippen LogP contribution in [0.1, 0.15) is 6.92 Å². The minimum atomic E-state index is -1.51. The smallest absolute Gasteiger partial charge is 0.331 e. The molecular formula is C15H27BN2O10S2. The molecule has 0 aliphatic carbocycles. The Morgan fingerprint density at radius 2 is 1.97 bits per heavy atom. The summed E-state index contributed by atoms with van der Waals surface area (Å²) in [6.45, 7) is 0.767. The zero-order chi connectivity index (χ0) is 22.8. The third-order valence-corrected chi connectivity index (χ3v) is 6.67. The zero-order valence-corrected chi connectivity index (χ0v) is 18.3. The summed E-state index contributed by atoms with van der Waals surface area (Å²) in [5.74, 6) is -1.46. The molecule has 6 N–H and O–H groups in total. The van der Waals surface area contributed by atoms with Crippen LogP contribution in [-0.2, 0) is 23.7 Å². The number of esters is 1. The van der Waals surface area contributed by atoms with Gasteiger partial charge in [0.1, 0.15) is 35.9 Å². The van der Waals surface area contributed by atoms with E-state index < -0.39 is 66.5 Å². The Hall–Kier alpha value is -1.07. The van der Waals surface area contributed by atoms with Gasteiger partial charge < -0.3 is 45.0 Å². The lowest BCUT2D eigenvalue weighted by molar-refractivity contribution is -0.205. The average Bonchev–Trinajstić information content (AvgIpc) is 2.73. The summed E-state index contributed by atoms with van der Waals surface area (Å²) in [6, 6.07) is -2.32. The van der Waals surface area contributed by atoms with Gasteiger partial charge in [-0.3, -0.25) is 4.79 Å². The lowest BCUT2D eigenvalue weighted by Crippen LogP contribution is -2.57. The van der Waals surface area contributed by atoms with Crippen LogP contribution in [0.2, 0.25) is 0 Å². The zero-order valence-electron chi connectivity index (χ0n) is 16.7. The highest BCUT2D eigenvalue weighted by atomic mass is 33.1. The summed E-state index contributed by atoms with van der Waals surface area (Å²) in [7, 11) is 4.49. The maximum absolute atomic E-state index is 12.5. The molecule has 1 aliphatic heterocycles. The number of nitrogens with one attached hydrogen (secondary N) is 1. The van der Waals surface area contributed by atoms with Crippen molar-refractivity contribution in [3.63, 3.8) is 0 Å². The van der Waals surface area contributed by atoms with Gasteiger partial charge in [-0.25, -0.2) is 9.79 Å². The molecule has 5 unspecified atom stereocenters. The molecule has 12 nitrogen and oxygen atoms in total. The first-order valence-electron chi connectivity index (χ1n) is 8.87. The van der Waals surface area contributed by atoms with Crippen molar-refractivity contribution < 1.29 is 49.2 Å². The monoisotopic (exact) mass is 470 g/mol. The number of aliphatic hydroxyl groups is 5. The molecule has 0 aromatic carbocycles. The van der Waals surface area contributed by atoms with Crippen molar-refractivity contribution >= 4 is 47.9 Å². The molecule has 1 heterocycles. The molecule has 1 fully saturated rings. The Labute approximate surface area is 182 Å². The van der Waals surface area contributed by atoms with E-state index in [0.29, 0.717) is 0 Å². The molecule has 0 radical (unpaired) electrons. The van der Waals surface area contributed by atoms with Crippen LogP contribution in [0.5, 0.6) is 0 Å². The molecule has 0 spiro atoms. The van der Waals surface area contributed by atoms with Crippen molar-refractivity contribution in [3.8, 4) is 0 Å². The largest absolute Gasteiger partial charge is 0.560 e. The van der Waals surface area contributed by atoms with Gasteiger partial charge >= 0.3 is 14.0 Å². The van der Waals surface area contributed by atoms with Gasteiger partial charge in [0.05, 0.1) is 19.8 Å². The molecular weight excluding hydrogens is 443 g/mol. The quantitative estimate of drug-likeness (QED) is 0.0569. The highest BCUT2D eigenvalue weighted by Gasteiger charge is 2.43. The van der Waals surface area contributed by atoms with Gasteiger partial charge in [0, 0.05) is 5.75 Å². The summed E-state index contributed by atoms with van der Waals surface area (Å²) in [5, 5.41) is 50.9. The van der Waals surface area contributed by atoms with E-state index in [1.54, 1.807) is 0 Å². The standard InChI is InChI=1S/C15H27BN2O10S2/c1-6(20)9(14(25)26-2)18-13(24)7(17-5-27-16)4-29-30-15-12(23)11(22)10(21)8(3-19)28-15/h5-12,15,19-23H,3-4,16H2,1-2H3,(H,18,24)/b17-5+/t6-,7-,8?,9-,10?,11?,12?,15?/m0/s1. The van der Waals surface area contributed by atoms with E-state index in [-0.39, 0.29) is 5.75 Å². The first kappa shape index (κ1) is 27.0. The lowest BCUT2D eigenvalue weighted by Gasteiger charge is -2.39. The van der Waals surface area contributed by atoms with Crippen LogP contribution in [0.15, 0.2) is 4.99 Å². The van der Waals surface area contributed by atoms with Crippen molar-refractivity contribution in [1.82, 2.24) is 5.32 Å². The van der Waals surface area contributed by atoms with Gasteiger partial charge in [-0.15, -0.1) is 0 Å². The maximum atomic E-state index is 12.5. The first-order valence-corrected chi connectivity index (χ1v) is 11.3. The van der Waals surface area contributed by atoms with Crippen molar-refractivity contribution in [3.05, 3.63) is 0 Å². The highest BCUT2D eigenvalue weighted by Crippen LogP contribution is 2.36. The van der Waals surface area contributed by atoms with Gasteiger partial charge in [-0.05, 0) is 6.92 Å². The van der Waals surface area contributed by atoms with Crippen LogP contribution in [-0.4, -0.2) is 119 Å². The molecule has 172 valence electrons. The fraction of sp³-hybridized carbons (Fsp3) is 0.800. The summed E-state index contributed by atoms with van der Waals surface area (Å²) in [6.07, 6.45) is -5.60. The lowest BCUT2D eigenvalue weighted by atomic mass is 10.0. The molecule has 1 rings (SSSR count). The van der Waals surface area contributed by atoms with Crippen LogP contribution in [0, 0.1) is 0 Å². The van der Waals surface area contributed by atoms with Crippen molar-refractivity contribution in [2.24, 2.45) is 4.99 Å². The summed E-state index contributed by atoms with van der Waals surface area (Å²) in [4.78, 5) is 28.2. The number of ether oxygens (including phenoxy) is 2. The van der Waals surface area contributed by atoms with E-state index in [2.05, 4.69) is 15.0 Å². The molecule has 1 aliphatic rings. The summed E-state index contributed by atoms with van der Waals surface area (Å²) >= 11 is 0. The molecule has 30 heavy (non-hydrogen) atoms. The normalized spacial score (nSPS) is 29.8. The van der Waals surface area contributed by atoms with E-state index in [1.807, 2.05) is 0 Å². The Kier molecular flexibility index (Phi) is 12.0. The second kappa shape index (κ2) is 13.4. The molecule has 0 bridgehead atoms.